The van der Waals surface area contributed by atoms with E-state index in [4.69, 9.17) is 0 Å². The molecule has 0 bridgehead atoms. The molecule has 0 aliphatic heterocycles. The van der Waals surface area contributed by atoms with Crippen LogP contribution in [0, 0.1) is 6.92 Å². The number of anilines is 1. The monoisotopic (exact) mass is 284 g/mol. The molecule has 20 heavy (non-hydrogen) atoms. The summed E-state index contributed by atoms with van der Waals surface area (Å²) in [5.74, 6) is 0. The molecular weight excluding hydrogens is 268 g/mol. The summed E-state index contributed by atoms with van der Waals surface area (Å²) in [7, 11) is 0. The molecule has 3 aromatic rings. The zero-order valence-corrected chi connectivity index (χ0v) is 12.1. The average Bonchev–Trinajstić information content (AvgIpc) is 3.10. The molecule has 0 aliphatic carbocycles. The maximum absolute atomic E-state index is 4.28. The number of nitrogens with one attached hydrogen (secondary N) is 1. The van der Waals surface area contributed by atoms with Gasteiger partial charge in [-0.15, -0.1) is 11.3 Å². The second-order valence-electron chi connectivity index (χ2n) is 4.58. The van der Waals surface area contributed by atoms with Crippen molar-refractivity contribution in [1.82, 2.24) is 14.8 Å². The average molecular weight is 284 g/mol. The molecular formula is C15H16N4S. The number of aromatic nitrogens is 3. The van der Waals surface area contributed by atoms with Gasteiger partial charge in [-0.1, -0.05) is 18.2 Å². The summed E-state index contributed by atoms with van der Waals surface area (Å²) >= 11 is 1.69. The maximum Gasteiger partial charge on any atom is 0.0798 e. The number of aryl methyl sites for hydroxylation is 1. The van der Waals surface area contributed by atoms with Gasteiger partial charge in [0.25, 0.3) is 0 Å². The first-order valence-electron chi connectivity index (χ1n) is 6.51. The van der Waals surface area contributed by atoms with E-state index in [2.05, 4.69) is 39.7 Å². The molecule has 102 valence electrons. The van der Waals surface area contributed by atoms with Gasteiger partial charge in [0.15, 0.2) is 0 Å². The third kappa shape index (κ3) is 2.88. The molecule has 3 rings (SSSR count). The first kappa shape index (κ1) is 12.9. The predicted octanol–water partition coefficient (Wildman–Crippen LogP) is 3.31. The summed E-state index contributed by atoms with van der Waals surface area (Å²) in [5.41, 5.74) is 5.38. The first-order chi connectivity index (χ1) is 9.83. The van der Waals surface area contributed by atoms with Crippen molar-refractivity contribution in [2.75, 3.05) is 5.32 Å². The SMILES string of the molecule is Cc1ncsc1CNc1ccccc1Cn1cccn1. The summed E-state index contributed by atoms with van der Waals surface area (Å²) in [4.78, 5) is 5.55. The molecule has 5 heteroatoms. The lowest BCUT2D eigenvalue weighted by Gasteiger charge is -2.11. The highest BCUT2D eigenvalue weighted by Crippen LogP contribution is 2.19. The topological polar surface area (TPSA) is 42.7 Å². The number of rotatable bonds is 5. The van der Waals surface area contributed by atoms with Gasteiger partial charge in [0.1, 0.15) is 0 Å². The van der Waals surface area contributed by atoms with Crippen molar-refractivity contribution in [2.45, 2.75) is 20.0 Å². The second kappa shape index (κ2) is 5.88. The molecule has 0 unspecified atom stereocenters. The minimum absolute atomic E-state index is 0.776. The molecule has 4 nitrogen and oxygen atoms in total. The van der Waals surface area contributed by atoms with Gasteiger partial charge in [0.05, 0.1) is 24.3 Å². The van der Waals surface area contributed by atoms with Crippen LogP contribution in [0.2, 0.25) is 0 Å². The molecule has 1 N–H and O–H groups in total. The molecule has 2 aromatic heterocycles. The van der Waals surface area contributed by atoms with Crippen molar-refractivity contribution in [3.63, 3.8) is 0 Å². The molecule has 0 atom stereocenters. The van der Waals surface area contributed by atoms with Gasteiger partial charge in [0, 0.05) is 23.0 Å². The fourth-order valence-electron chi connectivity index (χ4n) is 2.07. The Kier molecular flexibility index (Phi) is 3.78. The van der Waals surface area contributed by atoms with Gasteiger partial charge < -0.3 is 5.32 Å². The lowest BCUT2D eigenvalue weighted by Crippen LogP contribution is -2.06. The van der Waals surface area contributed by atoms with Crippen molar-refractivity contribution < 1.29 is 0 Å². The summed E-state index contributed by atoms with van der Waals surface area (Å²) in [6.07, 6.45) is 3.78. The van der Waals surface area contributed by atoms with Crippen LogP contribution in [0.25, 0.3) is 0 Å². The minimum atomic E-state index is 0.776. The maximum atomic E-state index is 4.28. The standard InChI is InChI=1S/C15H16N4S/c1-12-15(20-11-17-12)9-16-14-6-3-2-5-13(14)10-19-8-4-7-18-19/h2-8,11,16H,9-10H2,1H3. The van der Waals surface area contributed by atoms with Crippen LogP contribution in [0.1, 0.15) is 16.1 Å². The van der Waals surface area contributed by atoms with Crippen LogP contribution in [0.3, 0.4) is 0 Å². The molecule has 0 radical (unpaired) electrons. The summed E-state index contributed by atoms with van der Waals surface area (Å²) in [5, 5.41) is 7.76. The smallest absolute Gasteiger partial charge is 0.0798 e. The quantitative estimate of drug-likeness (QED) is 0.781. The Labute approximate surface area is 122 Å². The van der Waals surface area contributed by atoms with E-state index in [9.17, 15) is 0 Å². The van der Waals surface area contributed by atoms with Gasteiger partial charge in [-0.05, 0) is 24.6 Å². The highest BCUT2D eigenvalue weighted by Gasteiger charge is 2.05. The minimum Gasteiger partial charge on any atom is -0.380 e. The van der Waals surface area contributed by atoms with Crippen molar-refractivity contribution in [3.8, 4) is 0 Å². The van der Waals surface area contributed by atoms with Crippen LogP contribution < -0.4 is 5.32 Å². The normalized spacial score (nSPS) is 10.7. The molecule has 0 fully saturated rings. The second-order valence-corrected chi connectivity index (χ2v) is 5.51. The van der Waals surface area contributed by atoms with Gasteiger partial charge in [-0.3, -0.25) is 4.68 Å². The van der Waals surface area contributed by atoms with E-state index < -0.39 is 0 Å². The molecule has 0 saturated carbocycles. The van der Waals surface area contributed by atoms with E-state index >= 15 is 0 Å². The van der Waals surface area contributed by atoms with Crippen molar-refractivity contribution in [1.29, 1.82) is 0 Å². The Morgan fingerprint density at radius 1 is 1.25 bits per heavy atom. The van der Waals surface area contributed by atoms with Crippen molar-refractivity contribution in [2.24, 2.45) is 0 Å². The van der Waals surface area contributed by atoms with Crippen LogP contribution in [-0.4, -0.2) is 14.8 Å². The molecule has 2 heterocycles. The largest absolute Gasteiger partial charge is 0.380 e. The number of nitrogens with zero attached hydrogens (tertiary/aromatic N) is 3. The van der Waals surface area contributed by atoms with Crippen LogP contribution in [0.4, 0.5) is 5.69 Å². The fourth-order valence-corrected chi connectivity index (χ4v) is 2.79. The van der Waals surface area contributed by atoms with Crippen LogP contribution >= 0.6 is 11.3 Å². The third-order valence-electron chi connectivity index (χ3n) is 3.19. The fraction of sp³-hybridized carbons (Fsp3) is 0.200. The van der Waals surface area contributed by atoms with E-state index in [1.54, 1.807) is 17.5 Å². The Hall–Kier alpha value is -2.14. The van der Waals surface area contributed by atoms with Crippen LogP contribution in [-0.2, 0) is 13.1 Å². The summed E-state index contributed by atoms with van der Waals surface area (Å²) in [6, 6.07) is 10.3. The van der Waals surface area contributed by atoms with E-state index in [1.807, 2.05) is 29.4 Å². The highest BCUT2D eigenvalue weighted by atomic mass is 32.1. The Bertz CT molecular complexity index is 673. The predicted molar refractivity (Wildman–Crippen MR) is 81.9 cm³/mol. The summed E-state index contributed by atoms with van der Waals surface area (Å²) in [6.45, 7) is 3.63. The molecule has 0 saturated heterocycles. The van der Waals surface area contributed by atoms with E-state index in [1.165, 1.54) is 10.4 Å². The zero-order valence-electron chi connectivity index (χ0n) is 11.3. The van der Waals surface area contributed by atoms with E-state index in [0.717, 1.165) is 24.5 Å². The van der Waals surface area contributed by atoms with Crippen molar-refractivity contribution in [3.05, 3.63) is 64.4 Å². The van der Waals surface area contributed by atoms with Gasteiger partial charge in [0.2, 0.25) is 0 Å². The lowest BCUT2D eigenvalue weighted by molar-refractivity contribution is 0.687. The van der Waals surface area contributed by atoms with Crippen LogP contribution in [0.5, 0.6) is 0 Å². The third-order valence-corrected chi connectivity index (χ3v) is 4.13. The number of para-hydroxylation sites is 1. The first-order valence-corrected chi connectivity index (χ1v) is 7.39. The van der Waals surface area contributed by atoms with Crippen LogP contribution in [0.15, 0.2) is 48.2 Å². The van der Waals surface area contributed by atoms with E-state index in [0.29, 0.717) is 0 Å². The highest BCUT2D eigenvalue weighted by molar-refractivity contribution is 7.09. The molecule has 1 aromatic carbocycles. The Morgan fingerprint density at radius 2 is 2.15 bits per heavy atom. The number of hydrogen-bond donors (Lipinski definition) is 1. The molecule has 0 aliphatic rings. The van der Waals surface area contributed by atoms with Gasteiger partial charge in [-0.25, -0.2) is 4.98 Å². The number of thiazole rings is 1. The molecule has 0 spiro atoms. The summed E-state index contributed by atoms with van der Waals surface area (Å²) < 4.78 is 1.93. The Morgan fingerprint density at radius 3 is 2.90 bits per heavy atom. The number of hydrogen-bond acceptors (Lipinski definition) is 4. The van der Waals surface area contributed by atoms with Gasteiger partial charge >= 0.3 is 0 Å². The van der Waals surface area contributed by atoms with E-state index in [-0.39, 0.29) is 0 Å². The Balaban J connectivity index is 1.74. The zero-order chi connectivity index (χ0) is 13.8. The van der Waals surface area contributed by atoms with Crippen molar-refractivity contribution >= 4 is 17.0 Å². The number of benzene rings is 1. The van der Waals surface area contributed by atoms with Gasteiger partial charge in [-0.2, -0.15) is 5.10 Å². The molecule has 0 amide bonds. The lowest BCUT2D eigenvalue weighted by atomic mass is 10.1.